The molecule has 2 amide bonds. The molecule has 2 atom stereocenters. The second kappa shape index (κ2) is 12.7. The maximum absolute atomic E-state index is 13.8. The second-order valence-corrected chi connectivity index (χ2v) is 13.0. The third-order valence-corrected chi connectivity index (χ3v) is 9.31. The summed E-state index contributed by atoms with van der Waals surface area (Å²) in [5.41, 5.74) is 0.813. The molecule has 9 nitrogen and oxygen atoms in total. The predicted octanol–water partition coefficient (Wildman–Crippen LogP) is 4.50. The molecule has 0 bridgehead atoms. The summed E-state index contributed by atoms with van der Waals surface area (Å²) < 4.78 is 56.2. The lowest BCUT2D eigenvalue weighted by atomic mass is 9.93. The van der Waals surface area contributed by atoms with Crippen molar-refractivity contribution in [3.05, 3.63) is 84.1 Å². The van der Waals surface area contributed by atoms with Gasteiger partial charge in [-0.2, -0.15) is 0 Å². The summed E-state index contributed by atoms with van der Waals surface area (Å²) >= 11 is 0. The van der Waals surface area contributed by atoms with Crippen molar-refractivity contribution in [1.82, 2.24) is 14.8 Å². The highest BCUT2D eigenvalue weighted by Gasteiger charge is 2.43. The Bertz CT molecular complexity index is 1540. The minimum atomic E-state index is -3.34. The van der Waals surface area contributed by atoms with Gasteiger partial charge in [-0.05, 0) is 73.9 Å². The number of hydrogen-bond acceptors (Lipinski definition) is 7. The Labute approximate surface area is 250 Å². The number of nitrogens with zero attached hydrogens (tertiary/aromatic N) is 4. The summed E-state index contributed by atoms with van der Waals surface area (Å²) in [7, 11) is -3.34. The first-order valence-corrected chi connectivity index (χ1v) is 16.1. The molecule has 0 saturated carbocycles. The van der Waals surface area contributed by atoms with Gasteiger partial charge in [-0.15, -0.1) is 0 Å². The number of pyridine rings is 1. The van der Waals surface area contributed by atoms with Gasteiger partial charge in [-0.3, -0.25) is 4.79 Å². The average molecular weight is 613 g/mol. The van der Waals surface area contributed by atoms with Crippen molar-refractivity contribution >= 4 is 27.7 Å². The van der Waals surface area contributed by atoms with Crippen LogP contribution in [0.4, 0.5) is 19.4 Å². The van der Waals surface area contributed by atoms with Crippen molar-refractivity contribution in [2.45, 2.75) is 36.6 Å². The maximum atomic E-state index is 13.8. The largest absolute Gasteiger partial charge is 0.415 e. The molecule has 43 heavy (non-hydrogen) atoms. The van der Waals surface area contributed by atoms with Crippen LogP contribution in [-0.4, -0.2) is 80.2 Å². The van der Waals surface area contributed by atoms with Crippen LogP contribution in [0.1, 0.15) is 31.2 Å². The molecule has 0 aliphatic carbocycles. The van der Waals surface area contributed by atoms with Crippen LogP contribution in [0.5, 0.6) is 5.75 Å². The van der Waals surface area contributed by atoms with Crippen molar-refractivity contribution in [1.29, 1.82) is 0 Å². The second-order valence-electron chi connectivity index (χ2n) is 11.0. The number of benzene rings is 2. The summed E-state index contributed by atoms with van der Waals surface area (Å²) in [6.45, 7) is 3.97. The van der Waals surface area contributed by atoms with Gasteiger partial charge < -0.3 is 19.4 Å². The van der Waals surface area contributed by atoms with E-state index in [1.54, 1.807) is 28.0 Å². The van der Waals surface area contributed by atoms with Crippen LogP contribution in [0.3, 0.4) is 0 Å². The zero-order chi connectivity index (χ0) is 30.7. The van der Waals surface area contributed by atoms with E-state index >= 15 is 0 Å². The monoisotopic (exact) mass is 612 g/mol. The van der Waals surface area contributed by atoms with E-state index in [1.165, 1.54) is 48.7 Å². The third-order valence-electron chi connectivity index (χ3n) is 8.21. The van der Waals surface area contributed by atoms with E-state index in [0.29, 0.717) is 51.4 Å². The van der Waals surface area contributed by atoms with E-state index in [9.17, 15) is 26.8 Å². The molecule has 12 heteroatoms. The molecule has 0 N–H and O–H groups in total. The Kier molecular flexibility index (Phi) is 8.95. The van der Waals surface area contributed by atoms with E-state index in [1.807, 2.05) is 11.8 Å². The Morgan fingerprint density at radius 2 is 1.58 bits per heavy atom. The van der Waals surface area contributed by atoms with Gasteiger partial charge in [0.1, 0.15) is 23.2 Å². The Balaban J connectivity index is 1.29. The minimum Gasteiger partial charge on any atom is -0.410 e. The van der Waals surface area contributed by atoms with Crippen molar-refractivity contribution in [2.24, 2.45) is 5.92 Å². The Morgan fingerprint density at radius 3 is 2.14 bits per heavy atom. The zero-order valence-corrected chi connectivity index (χ0v) is 24.8. The molecule has 5 rings (SSSR count). The number of halogens is 2. The maximum Gasteiger partial charge on any atom is 0.415 e. The van der Waals surface area contributed by atoms with Crippen molar-refractivity contribution in [3.63, 3.8) is 0 Å². The number of likely N-dealkylation sites (N-methyl/N-ethyl adjacent to an activating group) is 1. The lowest BCUT2D eigenvalue weighted by Crippen LogP contribution is -2.47. The van der Waals surface area contributed by atoms with E-state index in [0.717, 1.165) is 11.8 Å². The Hall–Kier alpha value is -4.06. The number of likely N-dealkylation sites (tertiary alicyclic amines) is 1. The van der Waals surface area contributed by atoms with Gasteiger partial charge in [0.2, 0.25) is 5.91 Å². The number of piperidine rings is 1. The number of hydrogen-bond donors (Lipinski definition) is 0. The number of carbonyl (C=O) groups is 2. The molecule has 0 spiro atoms. The summed E-state index contributed by atoms with van der Waals surface area (Å²) in [6.07, 6.45) is 3.08. The molecular weight excluding hydrogens is 578 g/mol. The Morgan fingerprint density at radius 1 is 0.953 bits per heavy atom. The molecule has 0 unspecified atom stereocenters. The highest BCUT2D eigenvalue weighted by Crippen LogP contribution is 2.34. The zero-order valence-electron chi connectivity index (χ0n) is 24.0. The van der Waals surface area contributed by atoms with Crippen LogP contribution in [0.25, 0.3) is 0 Å². The highest BCUT2D eigenvalue weighted by atomic mass is 32.2. The minimum absolute atomic E-state index is 0.00222. The summed E-state index contributed by atoms with van der Waals surface area (Å²) in [4.78, 5) is 36.9. The quantitative estimate of drug-likeness (QED) is 0.388. The van der Waals surface area contributed by atoms with Crippen LogP contribution in [0.2, 0.25) is 0 Å². The van der Waals surface area contributed by atoms with Crippen molar-refractivity contribution in [3.8, 4) is 5.75 Å². The first-order valence-electron chi connectivity index (χ1n) is 14.2. The van der Waals surface area contributed by atoms with Crippen LogP contribution in [0.15, 0.2) is 71.8 Å². The van der Waals surface area contributed by atoms with Gasteiger partial charge in [0, 0.05) is 57.0 Å². The van der Waals surface area contributed by atoms with Crippen LogP contribution in [-0.2, 0) is 14.6 Å². The number of anilines is 1. The van der Waals surface area contributed by atoms with Gasteiger partial charge in [-0.25, -0.2) is 27.0 Å². The summed E-state index contributed by atoms with van der Waals surface area (Å²) in [6, 6.07) is 14.1. The molecule has 2 fully saturated rings. The highest BCUT2D eigenvalue weighted by molar-refractivity contribution is 7.90. The molecule has 3 aromatic rings. The molecular formula is C31H34F2N4O5S. The molecule has 2 saturated heterocycles. The van der Waals surface area contributed by atoms with Crippen molar-refractivity contribution in [2.75, 3.05) is 43.9 Å². The molecule has 3 heterocycles. The number of carbonyl (C=O) groups excluding carboxylic acids is 2. The van der Waals surface area contributed by atoms with Crippen LogP contribution >= 0.6 is 0 Å². The fourth-order valence-corrected chi connectivity index (χ4v) is 6.43. The van der Waals surface area contributed by atoms with Crippen molar-refractivity contribution < 1.29 is 31.5 Å². The molecule has 2 aliphatic heterocycles. The molecule has 0 radical (unpaired) electrons. The van der Waals surface area contributed by atoms with E-state index in [2.05, 4.69) is 4.98 Å². The molecule has 2 aromatic carbocycles. The topological polar surface area (TPSA) is 100 Å². The van der Waals surface area contributed by atoms with Crippen LogP contribution < -0.4 is 9.64 Å². The lowest BCUT2D eigenvalue weighted by molar-refractivity contribution is -0.135. The van der Waals surface area contributed by atoms with E-state index in [4.69, 9.17) is 4.74 Å². The van der Waals surface area contributed by atoms with Gasteiger partial charge >= 0.3 is 6.09 Å². The number of aromatic nitrogens is 1. The van der Waals surface area contributed by atoms with Gasteiger partial charge in [0.15, 0.2) is 9.84 Å². The van der Waals surface area contributed by atoms with Gasteiger partial charge in [0.05, 0.1) is 10.9 Å². The normalized spacial score (nSPS) is 19.3. The summed E-state index contributed by atoms with van der Waals surface area (Å²) in [5, 5.41) is 0. The SMILES string of the molecule is CCN(C(=O)Oc1ccc(F)cc1)[C@@H]1CN(C(=O)C2CCN(c3ccc(S(C)(=O)=O)cn3)CC2)C[C@H]1c1ccc(F)cc1. The number of rotatable bonds is 7. The third kappa shape index (κ3) is 6.96. The standard InChI is InChI=1S/C31H34F2N4O5S/c1-3-37(31(39)42-25-10-8-24(33)9-11-25)28-20-36(19-27(28)21-4-6-23(32)7-5-21)30(38)22-14-16-35(17-15-22)29-13-12-26(18-34-29)43(2,40)41/h4-13,18,22,27-28H,3,14-17,19-20H2,1-2H3/t27-,28+/m0/s1. The van der Waals surface area contributed by atoms with Gasteiger partial charge in [-0.1, -0.05) is 12.1 Å². The lowest BCUT2D eigenvalue weighted by Gasteiger charge is -2.34. The molecule has 2 aliphatic rings. The fraction of sp³-hybridized carbons (Fsp3) is 0.387. The van der Waals surface area contributed by atoms with Gasteiger partial charge in [0.25, 0.3) is 0 Å². The molecule has 228 valence electrons. The average Bonchev–Trinajstić information content (AvgIpc) is 3.43. The first kappa shape index (κ1) is 30.4. The van der Waals surface area contributed by atoms with E-state index in [-0.39, 0.29) is 34.2 Å². The van der Waals surface area contributed by atoms with E-state index < -0.39 is 27.8 Å². The number of sulfone groups is 1. The number of ether oxygens (including phenoxy) is 1. The number of amides is 2. The fourth-order valence-electron chi connectivity index (χ4n) is 5.87. The predicted molar refractivity (Wildman–Crippen MR) is 157 cm³/mol. The smallest absolute Gasteiger partial charge is 0.410 e. The first-order chi connectivity index (χ1) is 20.5. The summed E-state index contributed by atoms with van der Waals surface area (Å²) in [5.74, 6) is -0.432. The van der Waals surface area contributed by atoms with Crippen LogP contribution in [0, 0.1) is 17.6 Å². The molecule has 1 aromatic heterocycles.